The quantitative estimate of drug-likeness (QED) is 0.463. The van der Waals surface area contributed by atoms with Gasteiger partial charge in [0.2, 0.25) is 16.7 Å². The molecule has 0 aromatic carbocycles. The average molecular weight is 534 g/mol. The first-order valence-corrected chi connectivity index (χ1v) is 11.6. The number of carbonyl (C=O) groups excluding carboxylic acids is 1. The van der Waals surface area contributed by atoms with Crippen molar-refractivity contribution in [1.29, 1.82) is 0 Å². The number of aromatic nitrogens is 6. The van der Waals surface area contributed by atoms with E-state index in [0.29, 0.717) is 23.6 Å². The zero-order valence-corrected chi connectivity index (χ0v) is 19.8. The summed E-state index contributed by atoms with van der Waals surface area (Å²) in [5, 5.41) is 3.17. The maximum Gasteiger partial charge on any atom is 0.451 e. The van der Waals surface area contributed by atoms with Crippen LogP contribution in [0.5, 0.6) is 0 Å². The van der Waals surface area contributed by atoms with Crippen molar-refractivity contribution in [3.8, 4) is 11.3 Å². The van der Waals surface area contributed by atoms with Gasteiger partial charge in [0, 0.05) is 50.1 Å². The van der Waals surface area contributed by atoms with Crippen molar-refractivity contribution in [2.24, 2.45) is 0 Å². The van der Waals surface area contributed by atoms with Gasteiger partial charge < -0.3 is 9.80 Å². The third kappa shape index (κ3) is 5.42. The highest BCUT2D eigenvalue weighted by Gasteiger charge is 2.39. The summed E-state index contributed by atoms with van der Waals surface area (Å²) in [6.45, 7) is 4.23. The van der Waals surface area contributed by atoms with Crippen LogP contribution in [0, 0.1) is 0 Å². The number of hydrogen-bond donors (Lipinski definition) is 0. The molecule has 3 aromatic rings. The van der Waals surface area contributed by atoms with E-state index in [2.05, 4.69) is 25.0 Å². The van der Waals surface area contributed by atoms with Crippen LogP contribution in [0.2, 0.25) is 0 Å². The molecule has 0 N–H and O–H groups in total. The van der Waals surface area contributed by atoms with Crippen molar-refractivity contribution in [1.82, 2.24) is 34.6 Å². The Hall–Kier alpha value is -3.30. The molecule has 9 nitrogen and oxygen atoms in total. The van der Waals surface area contributed by atoms with Gasteiger partial charge in [-0.15, -0.1) is 0 Å². The molecule has 0 aliphatic carbocycles. The third-order valence-corrected chi connectivity index (χ3v) is 6.62. The highest BCUT2D eigenvalue weighted by molar-refractivity contribution is 7.16. The largest absolute Gasteiger partial charge is 0.451 e. The number of aryl methyl sites for hydroxylation is 1. The molecule has 1 amide bonds. The van der Waals surface area contributed by atoms with Crippen molar-refractivity contribution >= 4 is 22.2 Å². The van der Waals surface area contributed by atoms with Crippen molar-refractivity contribution < 1.29 is 31.1 Å². The molecule has 0 spiro atoms. The van der Waals surface area contributed by atoms with E-state index in [0.717, 1.165) is 12.4 Å². The molecule has 1 aliphatic heterocycles. The van der Waals surface area contributed by atoms with Crippen molar-refractivity contribution in [2.45, 2.75) is 45.2 Å². The molecule has 4 heterocycles. The number of thiazole rings is 1. The molecule has 0 radical (unpaired) electrons. The molecule has 1 unspecified atom stereocenters. The summed E-state index contributed by atoms with van der Waals surface area (Å²) in [5.41, 5.74) is -0.239. The fraction of sp³-hybridized carbons (Fsp3) is 0.500. The molecular weight excluding hydrogens is 514 g/mol. The number of nitrogens with zero attached hydrogens (tertiary/aromatic N) is 8. The monoisotopic (exact) mass is 534 g/mol. The predicted molar refractivity (Wildman–Crippen MR) is 116 cm³/mol. The average Bonchev–Trinajstić information content (AvgIpc) is 3.45. The van der Waals surface area contributed by atoms with Gasteiger partial charge >= 0.3 is 12.4 Å². The topological polar surface area (TPSA) is 92.9 Å². The van der Waals surface area contributed by atoms with Crippen LogP contribution in [0.3, 0.4) is 0 Å². The first-order valence-electron chi connectivity index (χ1n) is 10.8. The van der Waals surface area contributed by atoms with Gasteiger partial charge in [-0.2, -0.15) is 31.4 Å². The van der Waals surface area contributed by atoms with Crippen LogP contribution in [0.15, 0.2) is 18.7 Å². The Bertz CT molecular complexity index is 1220. The van der Waals surface area contributed by atoms with E-state index in [9.17, 15) is 31.1 Å². The number of piperazine rings is 1. The van der Waals surface area contributed by atoms with Gasteiger partial charge in [0.1, 0.15) is 29.4 Å². The fourth-order valence-electron chi connectivity index (χ4n) is 3.75. The Kier molecular flexibility index (Phi) is 6.90. The second kappa shape index (κ2) is 9.63. The highest BCUT2D eigenvalue weighted by Crippen LogP contribution is 2.43. The molecule has 16 heteroatoms. The van der Waals surface area contributed by atoms with E-state index in [-0.39, 0.29) is 54.4 Å². The third-order valence-electron chi connectivity index (χ3n) is 5.46. The number of anilines is 1. The second-order valence-electron chi connectivity index (χ2n) is 8.06. The maximum atomic E-state index is 13.4. The van der Waals surface area contributed by atoms with Crippen LogP contribution in [0.4, 0.5) is 31.3 Å². The fourth-order valence-corrected chi connectivity index (χ4v) is 4.74. The summed E-state index contributed by atoms with van der Waals surface area (Å²) in [5.74, 6) is -1.02. The number of amides is 1. The van der Waals surface area contributed by atoms with Crippen molar-refractivity contribution in [2.75, 3.05) is 24.5 Å². The van der Waals surface area contributed by atoms with Crippen LogP contribution in [0.25, 0.3) is 11.3 Å². The van der Waals surface area contributed by atoms with Crippen molar-refractivity contribution in [3.63, 3.8) is 0 Å². The first kappa shape index (κ1) is 25.8. The summed E-state index contributed by atoms with van der Waals surface area (Å²) in [7, 11) is 0. The summed E-state index contributed by atoms with van der Waals surface area (Å²) in [6.07, 6.45) is -5.84. The van der Waals surface area contributed by atoms with Crippen LogP contribution < -0.4 is 4.90 Å². The predicted octanol–water partition coefficient (Wildman–Crippen LogP) is 3.53. The smallest absolute Gasteiger partial charge is 0.358 e. The van der Waals surface area contributed by atoms with Gasteiger partial charge in [-0.25, -0.2) is 24.6 Å². The van der Waals surface area contributed by atoms with Crippen LogP contribution >= 0.6 is 11.3 Å². The summed E-state index contributed by atoms with van der Waals surface area (Å²) in [4.78, 5) is 30.3. The molecule has 36 heavy (non-hydrogen) atoms. The van der Waals surface area contributed by atoms with E-state index in [1.807, 2.05) is 6.92 Å². The van der Waals surface area contributed by atoms with E-state index in [4.69, 9.17) is 0 Å². The van der Waals surface area contributed by atoms with Crippen LogP contribution in [-0.4, -0.2) is 66.2 Å². The number of alkyl halides is 6. The number of carbonyl (C=O) groups is 1. The number of hydrogen-bond acceptors (Lipinski definition) is 8. The number of rotatable bonds is 5. The Morgan fingerprint density at radius 2 is 1.78 bits per heavy atom. The van der Waals surface area contributed by atoms with Gasteiger partial charge in [0.25, 0.3) is 0 Å². The minimum absolute atomic E-state index is 0.0235. The Labute approximate surface area is 204 Å². The molecule has 1 saturated heterocycles. The Morgan fingerprint density at radius 3 is 2.33 bits per heavy atom. The van der Waals surface area contributed by atoms with Crippen LogP contribution in [0.1, 0.15) is 30.5 Å². The molecular formula is C20H20F6N8OS. The van der Waals surface area contributed by atoms with Crippen molar-refractivity contribution in [3.05, 3.63) is 35.4 Å². The lowest BCUT2D eigenvalue weighted by Crippen LogP contribution is -2.54. The first-order chi connectivity index (χ1) is 16.9. The molecule has 1 atom stereocenters. The molecule has 194 valence electrons. The highest BCUT2D eigenvalue weighted by atomic mass is 32.1. The lowest BCUT2D eigenvalue weighted by molar-refractivity contribution is -0.145. The van der Waals surface area contributed by atoms with Crippen LogP contribution in [-0.2, 0) is 30.1 Å². The van der Waals surface area contributed by atoms with E-state index in [1.165, 1.54) is 11.0 Å². The Balaban J connectivity index is 1.56. The van der Waals surface area contributed by atoms with E-state index < -0.39 is 23.2 Å². The second-order valence-corrected chi connectivity index (χ2v) is 9.04. The van der Waals surface area contributed by atoms with Gasteiger partial charge in [0.15, 0.2) is 0 Å². The molecule has 0 saturated carbocycles. The zero-order valence-electron chi connectivity index (χ0n) is 19.0. The lowest BCUT2D eigenvalue weighted by Gasteiger charge is -2.40. The van der Waals surface area contributed by atoms with Gasteiger partial charge in [-0.1, -0.05) is 18.3 Å². The minimum atomic E-state index is -4.79. The molecule has 0 bridgehead atoms. The maximum absolute atomic E-state index is 13.4. The lowest BCUT2D eigenvalue weighted by atomic mass is 10.1. The Morgan fingerprint density at radius 1 is 1.08 bits per heavy atom. The summed E-state index contributed by atoms with van der Waals surface area (Å²) < 4.78 is 80.2. The SMILES string of the molecule is CCc1ncn(CC(=O)N2CCN(c3sc(C(F)(F)F)nc3-c3cnc(C(F)(F)F)nc3)CC2C)n1. The van der Waals surface area contributed by atoms with E-state index in [1.54, 1.807) is 16.7 Å². The zero-order chi connectivity index (χ0) is 26.3. The van der Waals surface area contributed by atoms with Gasteiger partial charge in [0.05, 0.1) is 0 Å². The normalized spacial score (nSPS) is 17.1. The molecule has 1 fully saturated rings. The summed E-state index contributed by atoms with van der Waals surface area (Å²) in [6, 6.07) is -0.367. The molecule has 3 aromatic heterocycles. The standard InChI is InChI=1S/C20H20F6N8OS/c1-3-13-29-10-33(31-13)9-14(35)34-5-4-32(8-11(34)2)16-15(30-18(36-16)20(24,25)26)12-6-27-17(28-7-12)19(21,22)23/h6-7,10-11H,3-5,8-9H2,1-2H3. The van der Waals surface area contributed by atoms with Gasteiger partial charge in [-0.3, -0.25) is 4.79 Å². The number of halogens is 6. The van der Waals surface area contributed by atoms with Gasteiger partial charge in [-0.05, 0) is 6.92 Å². The van der Waals surface area contributed by atoms with E-state index >= 15 is 0 Å². The molecule has 4 rings (SSSR count). The summed E-state index contributed by atoms with van der Waals surface area (Å²) >= 11 is 0.383. The molecule has 1 aliphatic rings. The minimum Gasteiger partial charge on any atom is -0.358 e.